The number of nitrogens with one attached hydrogen (secondary N) is 1. The molecule has 1 aliphatic heterocycles. The Bertz CT molecular complexity index is 1610. The molecule has 10 nitrogen and oxygen atoms in total. The topological polar surface area (TPSA) is 111 Å². The molecule has 4 aromatic rings. The summed E-state index contributed by atoms with van der Waals surface area (Å²) in [6.07, 6.45) is 0.550. The van der Waals surface area contributed by atoms with Gasteiger partial charge in [0.15, 0.2) is 11.0 Å². The number of hydrogen-bond donors (Lipinski definition) is 1. The lowest BCUT2D eigenvalue weighted by molar-refractivity contribution is -0.130. The Morgan fingerprint density at radius 3 is 2.36 bits per heavy atom. The SMILES string of the molecule is COc1ccc(C2=NN(C(=O)CSc3nnc(CNC(=O)c4cccc(F)c4)n3C)[C@H](c3ccc(OC)cc3)C2)cc1. The second kappa shape index (κ2) is 12.9. The van der Waals surface area contributed by atoms with Crippen LogP contribution in [-0.2, 0) is 18.4 Å². The number of halogens is 1. The molecule has 1 N–H and O–H groups in total. The Morgan fingerprint density at radius 2 is 1.69 bits per heavy atom. The summed E-state index contributed by atoms with van der Waals surface area (Å²) in [4.78, 5) is 25.9. The van der Waals surface area contributed by atoms with Gasteiger partial charge in [0, 0.05) is 19.0 Å². The molecule has 2 heterocycles. The number of carbonyl (C=O) groups excluding carboxylic acids is 2. The maximum absolute atomic E-state index is 13.5. The first-order valence-corrected chi connectivity index (χ1v) is 14.1. The standard InChI is InChI=1S/C30H29FN6O4S/c1-36-27(17-32-29(39)21-5-4-6-22(31)15-21)33-34-30(36)42-18-28(38)37-26(20-9-13-24(41-3)14-10-20)16-25(35-37)19-7-11-23(40-2)12-8-19/h4-15,26H,16-18H2,1-3H3,(H,32,39)/t26-/m0/s1. The summed E-state index contributed by atoms with van der Waals surface area (Å²) in [5, 5.41) is 17.8. The molecule has 0 radical (unpaired) electrons. The van der Waals surface area contributed by atoms with Crippen LogP contribution in [0.1, 0.15) is 39.8 Å². The van der Waals surface area contributed by atoms with Crippen LogP contribution in [0, 0.1) is 5.82 Å². The van der Waals surface area contributed by atoms with Gasteiger partial charge in [-0.2, -0.15) is 5.10 Å². The first kappa shape index (κ1) is 28.8. The Hall–Kier alpha value is -4.71. The van der Waals surface area contributed by atoms with Crippen LogP contribution in [0.5, 0.6) is 11.5 Å². The number of nitrogens with zero attached hydrogens (tertiary/aromatic N) is 5. The van der Waals surface area contributed by atoms with Crippen molar-refractivity contribution in [2.45, 2.75) is 24.2 Å². The normalized spacial score (nSPS) is 14.4. The van der Waals surface area contributed by atoms with Crippen LogP contribution in [-0.4, -0.2) is 57.3 Å². The second-order valence-electron chi connectivity index (χ2n) is 9.45. The molecule has 0 fully saturated rings. The lowest BCUT2D eigenvalue weighted by atomic mass is 9.98. The predicted molar refractivity (Wildman–Crippen MR) is 156 cm³/mol. The summed E-state index contributed by atoms with van der Waals surface area (Å²) in [5.41, 5.74) is 2.86. The van der Waals surface area contributed by atoms with Gasteiger partial charge in [-0.1, -0.05) is 30.0 Å². The van der Waals surface area contributed by atoms with Crippen molar-refractivity contribution in [3.8, 4) is 11.5 Å². The minimum absolute atomic E-state index is 0.0771. The minimum atomic E-state index is -0.489. The number of benzene rings is 3. The van der Waals surface area contributed by atoms with Crippen molar-refractivity contribution in [1.82, 2.24) is 25.1 Å². The summed E-state index contributed by atoms with van der Waals surface area (Å²) in [5.74, 6) is 0.938. The van der Waals surface area contributed by atoms with Gasteiger partial charge < -0.3 is 19.4 Å². The van der Waals surface area contributed by atoms with E-state index in [1.165, 1.54) is 41.0 Å². The van der Waals surface area contributed by atoms with E-state index in [1.807, 2.05) is 48.5 Å². The van der Waals surface area contributed by atoms with Crippen molar-refractivity contribution in [3.63, 3.8) is 0 Å². The van der Waals surface area contributed by atoms with Gasteiger partial charge in [0.2, 0.25) is 0 Å². The van der Waals surface area contributed by atoms with Crippen LogP contribution >= 0.6 is 11.8 Å². The fourth-order valence-electron chi connectivity index (χ4n) is 4.49. The molecule has 1 aromatic heterocycles. The van der Waals surface area contributed by atoms with E-state index in [0.29, 0.717) is 17.4 Å². The number of thioether (sulfide) groups is 1. The maximum atomic E-state index is 13.5. The predicted octanol–water partition coefficient (Wildman–Crippen LogP) is 4.37. The molecule has 3 aromatic carbocycles. The largest absolute Gasteiger partial charge is 0.497 e. The van der Waals surface area contributed by atoms with Crippen molar-refractivity contribution in [2.24, 2.45) is 12.1 Å². The Balaban J connectivity index is 1.27. The molecule has 5 rings (SSSR count). The molecular weight excluding hydrogens is 559 g/mol. The molecule has 12 heteroatoms. The quantitative estimate of drug-likeness (QED) is 0.274. The number of amides is 2. The lowest BCUT2D eigenvalue weighted by Gasteiger charge is -2.22. The van der Waals surface area contributed by atoms with Crippen LogP contribution in [0.4, 0.5) is 4.39 Å². The van der Waals surface area contributed by atoms with E-state index in [9.17, 15) is 14.0 Å². The maximum Gasteiger partial charge on any atom is 0.253 e. The van der Waals surface area contributed by atoms with Gasteiger partial charge in [-0.3, -0.25) is 9.59 Å². The summed E-state index contributed by atoms with van der Waals surface area (Å²) >= 11 is 1.23. The molecule has 2 amide bonds. The van der Waals surface area contributed by atoms with Gasteiger partial charge in [0.25, 0.3) is 11.8 Å². The zero-order valence-electron chi connectivity index (χ0n) is 23.3. The molecular formula is C30H29FN6O4S. The summed E-state index contributed by atoms with van der Waals surface area (Å²) < 4.78 is 25.7. The first-order chi connectivity index (χ1) is 20.4. The van der Waals surface area contributed by atoms with E-state index in [1.54, 1.807) is 25.8 Å². The third-order valence-corrected chi connectivity index (χ3v) is 7.84. The first-order valence-electron chi connectivity index (χ1n) is 13.1. The number of carbonyl (C=O) groups is 2. The third-order valence-electron chi connectivity index (χ3n) is 6.83. The van der Waals surface area contributed by atoms with Crippen LogP contribution in [0.3, 0.4) is 0 Å². The van der Waals surface area contributed by atoms with Crippen LogP contribution in [0.2, 0.25) is 0 Å². The molecule has 0 spiro atoms. The van der Waals surface area contributed by atoms with E-state index in [2.05, 4.69) is 15.5 Å². The molecule has 1 atom stereocenters. The van der Waals surface area contributed by atoms with Gasteiger partial charge in [0.1, 0.15) is 17.3 Å². The molecule has 0 saturated heterocycles. The van der Waals surface area contributed by atoms with E-state index in [-0.39, 0.29) is 29.8 Å². The molecule has 0 bridgehead atoms. The molecule has 42 heavy (non-hydrogen) atoms. The molecule has 1 aliphatic rings. The Kier molecular flexibility index (Phi) is 8.82. The summed E-state index contributed by atoms with van der Waals surface area (Å²) in [7, 11) is 4.98. The number of hydrogen-bond acceptors (Lipinski definition) is 8. The van der Waals surface area contributed by atoms with Crippen molar-refractivity contribution in [3.05, 3.63) is 101 Å². The average molecular weight is 589 g/mol. The monoisotopic (exact) mass is 588 g/mol. The highest BCUT2D eigenvalue weighted by atomic mass is 32.2. The molecule has 0 saturated carbocycles. The highest BCUT2D eigenvalue weighted by Crippen LogP contribution is 2.34. The number of rotatable bonds is 10. The smallest absolute Gasteiger partial charge is 0.253 e. The van der Waals surface area contributed by atoms with E-state index in [4.69, 9.17) is 14.6 Å². The van der Waals surface area contributed by atoms with Gasteiger partial charge >= 0.3 is 0 Å². The van der Waals surface area contributed by atoms with Crippen molar-refractivity contribution >= 4 is 29.3 Å². The molecule has 0 aliphatic carbocycles. The highest BCUT2D eigenvalue weighted by Gasteiger charge is 2.33. The van der Waals surface area contributed by atoms with E-state index >= 15 is 0 Å². The molecule has 0 unspecified atom stereocenters. The van der Waals surface area contributed by atoms with Crippen LogP contribution in [0.15, 0.2) is 83.1 Å². The number of methoxy groups -OCH3 is 2. The lowest BCUT2D eigenvalue weighted by Crippen LogP contribution is -2.28. The second-order valence-corrected chi connectivity index (χ2v) is 10.4. The Morgan fingerprint density at radius 1 is 1.00 bits per heavy atom. The average Bonchev–Trinajstić information content (AvgIpc) is 3.62. The summed E-state index contributed by atoms with van der Waals surface area (Å²) in [6, 6.07) is 20.4. The van der Waals surface area contributed by atoms with Gasteiger partial charge in [-0.05, 0) is 65.7 Å². The van der Waals surface area contributed by atoms with Gasteiger partial charge in [0.05, 0.1) is 38.3 Å². The molecule has 216 valence electrons. The van der Waals surface area contributed by atoms with Gasteiger partial charge in [-0.15, -0.1) is 10.2 Å². The van der Waals surface area contributed by atoms with Crippen molar-refractivity contribution < 1.29 is 23.5 Å². The fraction of sp³-hybridized carbons (Fsp3) is 0.233. The van der Waals surface area contributed by atoms with Gasteiger partial charge in [-0.25, -0.2) is 9.40 Å². The zero-order chi connectivity index (χ0) is 29.6. The van der Waals surface area contributed by atoms with Crippen molar-refractivity contribution in [2.75, 3.05) is 20.0 Å². The minimum Gasteiger partial charge on any atom is -0.497 e. The van der Waals surface area contributed by atoms with E-state index < -0.39 is 11.7 Å². The number of aromatic nitrogens is 3. The van der Waals surface area contributed by atoms with Crippen molar-refractivity contribution in [1.29, 1.82) is 0 Å². The van der Waals surface area contributed by atoms with E-state index in [0.717, 1.165) is 28.3 Å². The van der Waals surface area contributed by atoms with Crippen LogP contribution < -0.4 is 14.8 Å². The number of ether oxygens (including phenoxy) is 2. The number of hydrazone groups is 1. The zero-order valence-corrected chi connectivity index (χ0v) is 24.1. The summed E-state index contributed by atoms with van der Waals surface area (Å²) in [6.45, 7) is 0.0918. The fourth-order valence-corrected chi connectivity index (χ4v) is 5.27. The highest BCUT2D eigenvalue weighted by molar-refractivity contribution is 7.99. The van der Waals surface area contributed by atoms with Crippen LogP contribution in [0.25, 0.3) is 0 Å². The third kappa shape index (κ3) is 6.44. The Labute approximate surface area is 246 Å².